The van der Waals surface area contributed by atoms with Crippen LogP contribution in [0.5, 0.6) is 0 Å². The highest BCUT2D eigenvalue weighted by molar-refractivity contribution is 5.62. The summed E-state index contributed by atoms with van der Waals surface area (Å²) in [4.78, 5) is 0. The quantitative estimate of drug-likeness (QED) is 0.686. The molecule has 2 nitrogen and oxygen atoms in total. The van der Waals surface area contributed by atoms with Crippen LogP contribution in [0.2, 0.25) is 0 Å². The van der Waals surface area contributed by atoms with Crippen LogP contribution < -0.4 is 0 Å². The topological polar surface area (TPSA) is 17.8 Å². The van der Waals surface area contributed by atoms with E-state index in [1.165, 1.54) is 6.07 Å². The fourth-order valence-electron chi connectivity index (χ4n) is 2.09. The number of halogens is 2. The van der Waals surface area contributed by atoms with Crippen LogP contribution in [-0.4, -0.2) is 9.78 Å². The predicted octanol–water partition coefficient (Wildman–Crippen LogP) is 4.48. The molecule has 20 heavy (non-hydrogen) atoms. The molecule has 0 saturated heterocycles. The lowest BCUT2D eigenvalue weighted by molar-refractivity contribution is 0.145. The Morgan fingerprint density at radius 3 is 2.05 bits per heavy atom. The van der Waals surface area contributed by atoms with Crippen molar-refractivity contribution in [1.82, 2.24) is 9.78 Å². The van der Waals surface area contributed by atoms with Gasteiger partial charge in [0, 0.05) is 5.56 Å². The summed E-state index contributed by atoms with van der Waals surface area (Å²) in [6.07, 6.45) is -2.58. The molecule has 0 aliphatic rings. The highest BCUT2D eigenvalue weighted by Gasteiger charge is 2.17. The summed E-state index contributed by atoms with van der Waals surface area (Å²) in [6, 6.07) is 20.1. The number of aromatic nitrogens is 2. The van der Waals surface area contributed by atoms with E-state index in [-0.39, 0.29) is 5.69 Å². The molecule has 0 bridgehead atoms. The van der Waals surface area contributed by atoms with Crippen LogP contribution in [0.1, 0.15) is 12.1 Å². The molecule has 0 N–H and O–H groups in total. The van der Waals surface area contributed by atoms with E-state index in [9.17, 15) is 8.78 Å². The number of hydrogen-bond donors (Lipinski definition) is 0. The summed E-state index contributed by atoms with van der Waals surface area (Å²) < 4.78 is 27.4. The van der Waals surface area contributed by atoms with Gasteiger partial charge in [-0.2, -0.15) is 5.10 Å². The van der Waals surface area contributed by atoms with Crippen LogP contribution in [0.4, 0.5) is 8.78 Å². The van der Waals surface area contributed by atoms with E-state index in [4.69, 9.17) is 0 Å². The van der Waals surface area contributed by atoms with Crippen molar-refractivity contribution in [3.05, 3.63) is 72.4 Å². The van der Waals surface area contributed by atoms with Gasteiger partial charge in [0.15, 0.2) is 0 Å². The molecule has 2 aromatic carbocycles. The van der Waals surface area contributed by atoms with Crippen molar-refractivity contribution in [2.24, 2.45) is 0 Å². The minimum atomic E-state index is -2.58. The van der Waals surface area contributed by atoms with Crippen LogP contribution in [0.3, 0.4) is 0 Å². The van der Waals surface area contributed by atoms with Gasteiger partial charge >= 0.3 is 0 Å². The number of benzene rings is 2. The van der Waals surface area contributed by atoms with Crippen LogP contribution >= 0.6 is 0 Å². The van der Waals surface area contributed by atoms with Crippen LogP contribution in [0.25, 0.3) is 16.9 Å². The molecule has 0 spiro atoms. The van der Waals surface area contributed by atoms with Gasteiger partial charge in [0.25, 0.3) is 6.43 Å². The zero-order valence-electron chi connectivity index (χ0n) is 10.6. The van der Waals surface area contributed by atoms with Crippen LogP contribution in [0.15, 0.2) is 66.7 Å². The van der Waals surface area contributed by atoms with Gasteiger partial charge in [-0.15, -0.1) is 0 Å². The van der Waals surface area contributed by atoms with Crippen molar-refractivity contribution in [1.29, 1.82) is 0 Å². The number of hydrogen-bond acceptors (Lipinski definition) is 1. The molecule has 0 saturated carbocycles. The Morgan fingerprint density at radius 1 is 0.850 bits per heavy atom. The minimum absolute atomic E-state index is 0.215. The van der Waals surface area contributed by atoms with E-state index in [0.717, 1.165) is 11.3 Å². The van der Waals surface area contributed by atoms with E-state index in [2.05, 4.69) is 5.10 Å². The van der Waals surface area contributed by atoms with Gasteiger partial charge < -0.3 is 0 Å². The maximum Gasteiger partial charge on any atom is 0.282 e. The van der Waals surface area contributed by atoms with Crippen molar-refractivity contribution in [3.63, 3.8) is 0 Å². The van der Waals surface area contributed by atoms with Crippen molar-refractivity contribution >= 4 is 0 Å². The Hall–Kier alpha value is -2.49. The van der Waals surface area contributed by atoms with Gasteiger partial charge in [0.1, 0.15) is 5.69 Å². The van der Waals surface area contributed by atoms with Crippen LogP contribution in [0, 0.1) is 0 Å². The molecule has 3 rings (SSSR count). The van der Waals surface area contributed by atoms with Gasteiger partial charge in [-0.3, -0.25) is 0 Å². The molecule has 1 heterocycles. The van der Waals surface area contributed by atoms with E-state index >= 15 is 0 Å². The second-order valence-corrected chi connectivity index (χ2v) is 4.37. The van der Waals surface area contributed by atoms with Crippen molar-refractivity contribution in [3.8, 4) is 16.9 Å². The van der Waals surface area contributed by atoms with E-state index in [0.29, 0.717) is 5.69 Å². The van der Waals surface area contributed by atoms with Gasteiger partial charge in [-0.1, -0.05) is 48.5 Å². The lowest BCUT2D eigenvalue weighted by Crippen LogP contribution is -1.99. The summed E-state index contributed by atoms with van der Waals surface area (Å²) in [5, 5.41) is 4.02. The molecule has 0 unspecified atom stereocenters. The van der Waals surface area contributed by atoms with Gasteiger partial charge in [-0.25, -0.2) is 13.5 Å². The summed E-state index contributed by atoms with van der Waals surface area (Å²) in [6.45, 7) is 0. The molecule has 0 radical (unpaired) electrons. The zero-order chi connectivity index (χ0) is 13.9. The van der Waals surface area contributed by atoms with Crippen LogP contribution in [-0.2, 0) is 0 Å². The maximum atomic E-state index is 12.9. The largest absolute Gasteiger partial charge is 0.282 e. The number of nitrogens with zero attached hydrogens (tertiary/aromatic N) is 2. The summed E-state index contributed by atoms with van der Waals surface area (Å²) in [7, 11) is 0. The third-order valence-corrected chi connectivity index (χ3v) is 3.02. The number of para-hydroxylation sites is 1. The highest BCUT2D eigenvalue weighted by atomic mass is 19.3. The summed E-state index contributed by atoms with van der Waals surface area (Å²) >= 11 is 0. The SMILES string of the molecule is FC(F)c1cc(-c2ccccc2)n(-c2ccccc2)n1. The Morgan fingerprint density at radius 2 is 1.45 bits per heavy atom. The third-order valence-electron chi connectivity index (χ3n) is 3.02. The smallest absolute Gasteiger partial charge is 0.233 e. The molecule has 0 aliphatic heterocycles. The first-order valence-electron chi connectivity index (χ1n) is 6.24. The van der Waals surface area contributed by atoms with Gasteiger partial charge in [0.05, 0.1) is 11.4 Å². The normalized spacial score (nSPS) is 10.9. The average Bonchev–Trinajstić information content (AvgIpc) is 2.94. The first-order chi connectivity index (χ1) is 9.75. The molecule has 4 heteroatoms. The van der Waals surface area contributed by atoms with E-state index in [1.54, 1.807) is 4.68 Å². The van der Waals surface area contributed by atoms with Gasteiger partial charge in [-0.05, 0) is 18.2 Å². The lowest BCUT2D eigenvalue weighted by Gasteiger charge is -2.07. The average molecular weight is 270 g/mol. The highest BCUT2D eigenvalue weighted by Crippen LogP contribution is 2.27. The second-order valence-electron chi connectivity index (χ2n) is 4.37. The number of alkyl halides is 2. The molecular formula is C16H12F2N2. The monoisotopic (exact) mass is 270 g/mol. The van der Waals surface area contributed by atoms with Gasteiger partial charge in [0.2, 0.25) is 0 Å². The fraction of sp³-hybridized carbons (Fsp3) is 0.0625. The molecular weight excluding hydrogens is 258 g/mol. The molecule has 0 aliphatic carbocycles. The summed E-state index contributed by atoms with van der Waals surface area (Å²) in [5.41, 5.74) is 2.06. The second kappa shape index (κ2) is 5.25. The first-order valence-corrected chi connectivity index (χ1v) is 6.24. The number of rotatable bonds is 3. The first kappa shape index (κ1) is 12.5. The molecule has 0 fully saturated rings. The van der Waals surface area contributed by atoms with Crippen molar-refractivity contribution < 1.29 is 8.78 Å². The predicted molar refractivity (Wildman–Crippen MR) is 74.0 cm³/mol. The molecule has 100 valence electrons. The van der Waals surface area contributed by atoms with E-state index in [1.807, 2.05) is 60.7 Å². The van der Waals surface area contributed by atoms with E-state index < -0.39 is 6.43 Å². The van der Waals surface area contributed by atoms with Crippen molar-refractivity contribution in [2.45, 2.75) is 6.43 Å². The third kappa shape index (κ3) is 2.32. The maximum absolute atomic E-state index is 12.9. The molecule has 0 amide bonds. The Balaban J connectivity index is 2.18. The zero-order valence-corrected chi connectivity index (χ0v) is 10.6. The molecule has 3 aromatic rings. The standard InChI is InChI=1S/C16H12F2N2/c17-16(18)14-11-15(12-7-3-1-4-8-12)20(19-14)13-9-5-2-6-10-13/h1-11,16H. The summed E-state index contributed by atoms with van der Waals surface area (Å²) in [5.74, 6) is 0. The Kier molecular flexibility index (Phi) is 3.29. The van der Waals surface area contributed by atoms with Crippen molar-refractivity contribution in [2.75, 3.05) is 0 Å². The molecule has 0 atom stereocenters. The molecule has 1 aromatic heterocycles. The Labute approximate surface area is 115 Å². The minimum Gasteiger partial charge on any atom is -0.233 e. The fourth-order valence-corrected chi connectivity index (χ4v) is 2.09. The lowest BCUT2D eigenvalue weighted by atomic mass is 10.1. The Bertz CT molecular complexity index is 634.